The van der Waals surface area contributed by atoms with E-state index in [1.807, 2.05) is 13.8 Å². The van der Waals surface area contributed by atoms with Gasteiger partial charge in [-0.1, -0.05) is 0 Å². The summed E-state index contributed by atoms with van der Waals surface area (Å²) in [5.74, 6) is 1.81. The third kappa shape index (κ3) is 0.903. The molecule has 0 aliphatic rings. The molecule has 5 nitrogen and oxygen atoms in total. The number of aryl methyl sites for hydroxylation is 2. The van der Waals surface area contributed by atoms with Gasteiger partial charge in [0.05, 0.1) is 0 Å². The van der Waals surface area contributed by atoms with Gasteiger partial charge in [-0.25, -0.2) is 4.98 Å². The first-order valence-electron chi connectivity index (χ1n) is 3.63. The van der Waals surface area contributed by atoms with Crippen LogP contribution in [0.5, 0.6) is 0 Å². The first kappa shape index (κ1) is 7.02. The normalized spacial score (nSPS) is 10.8. The van der Waals surface area contributed by atoms with Crippen molar-refractivity contribution in [3.8, 4) is 0 Å². The zero-order chi connectivity index (χ0) is 8.72. The molecule has 2 aromatic rings. The van der Waals surface area contributed by atoms with Crippen molar-refractivity contribution in [3.63, 3.8) is 0 Å². The molecule has 62 valence electrons. The molecule has 0 amide bonds. The van der Waals surface area contributed by atoms with Gasteiger partial charge in [0, 0.05) is 11.8 Å². The molecule has 0 spiro atoms. The molecule has 2 heterocycles. The number of nitrogens with two attached hydrogens (primary N) is 1. The fraction of sp³-hybridized carbons (Fsp3) is 0.286. The highest BCUT2D eigenvalue weighted by Crippen LogP contribution is 2.06. The van der Waals surface area contributed by atoms with Gasteiger partial charge in [0.15, 0.2) is 0 Å². The predicted molar refractivity (Wildman–Crippen MR) is 44.7 cm³/mol. The molecule has 0 atom stereocenters. The second-order valence-corrected chi connectivity index (χ2v) is 2.69. The molecular formula is C7H9N5. The van der Waals surface area contributed by atoms with E-state index in [-0.39, 0.29) is 0 Å². The standard InChI is InChI=1S/C7H9N5/c1-4-3-6(8)12-7(9-4)10-5(2)11-12/h3H,8H2,1-2H3. The lowest BCUT2D eigenvalue weighted by atomic mass is 10.4. The van der Waals surface area contributed by atoms with Crippen molar-refractivity contribution in [1.29, 1.82) is 0 Å². The monoisotopic (exact) mass is 163 g/mol. The number of rotatable bonds is 0. The smallest absolute Gasteiger partial charge is 0.254 e. The Kier molecular flexibility index (Phi) is 1.27. The van der Waals surface area contributed by atoms with Gasteiger partial charge in [0.25, 0.3) is 5.78 Å². The number of nitrogens with zero attached hydrogens (tertiary/aromatic N) is 4. The molecule has 2 rings (SSSR count). The van der Waals surface area contributed by atoms with Crippen LogP contribution in [0.4, 0.5) is 5.82 Å². The number of nitrogen functional groups attached to an aromatic ring is 1. The van der Waals surface area contributed by atoms with Crippen molar-refractivity contribution in [2.75, 3.05) is 5.73 Å². The maximum Gasteiger partial charge on any atom is 0.254 e. The quantitative estimate of drug-likeness (QED) is 0.607. The maximum atomic E-state index is 5.69. The topological polar surface area (TPSA) is 69.1 Å². The van der Waals surface area contributed by atoms with Crippen molar-refractivity contribution in [3.05, 3.63) is 17.6 Å². The summed E-state index contributed by atoms with van der Waals surface area (Å²) in [6.45, 7) is 3.68. The molecule has 2 aromatic heterocycles. The van der Waals surface area contributed by atoms with Crippen LogP contribution in [-0.4, -0.2) is 19.6 Å². The molecular weight excluding hydrogens is 154 g/mol. The third-order valence-electron chi connectivity index (χ3n) is 1.57. The van der Waals surface area contributed by atoms with Crippen LogP contribution in [0.2, 0.25) is 0 Å². The average Bonchev–Trinajstić information content (AvgIpc) is 2.29. The highest BCUT2D eigenvalue weighted by Gasteiger charge is 2.03. The Morgan fingerprint density at radius 3 is 2.83 bits per heavy atom. The molecule has 12 heavy (non-hydrogen) atoms. The molecule has 0 bridgehead atoms. The molecule has 0 aliphatic heterocycles. The van der Waals surface area contributed by atoms with E-state index in [0.717, 1.165) is 5.69 Å². The largest absolute Gasteiger partial charge is 0.383 e. The minimum absolute atomic E-state index is 0.560. The Morgan fingerprint density at radius 2 is 2.08 bits per heavy atom. The minimum Gasteiger partial charge on any atom is -0.383 e. The molecule has 0 unspecified atom stereocenters. The number of hydrogen-bond acceptors (Lipinski definition) is 4. The molecule has 2 N–H and O–H groups in total. The van der Waals surface area contributed by atoms with Gasteiger partial charge in [0.1, 0.15) is 11.6 Å². The molecule has 5 heteroatoms. The van der Waals surface area contributed by atoms with E-state index in [2.05, 4.69) is 15.1 Å². The summed E-state index contributed by atoms with van der Waals surface area (Å²) >= 11 is 0. The highest BCUT2D eigenvalue weighted by molar-refractivity contribution is 5.41. The summed E-state index contributed by atoms with van der Waals surface area (Å²) in [7, 11) is 0. The van der Waals surface area contributed by atoms with Crippen molar-refractivity contribution in [2.24, 2.45) is 0 Å². The Bertz CT molecular complexity index is 431. The molecule has 0 radical (unpaired) electrons. The van der Waals surface area contributed by atoms with Crippen LogP contribution in [0.25, 0.3) is 5.78 Å². The van der Waals surface area contributed by atoms with Gasteiger partial charge in [-0.05, 0) is 13.8 Å². The summed E-state index contributed by atoms with van der Waals surface area (Å²) in [4.78, 5) is 8.26. The van der Waals surface area contributed by atoms with Gasteiger partial charge in [0.2, 0.25) is 0 Å². The van der Waals surface area contributed by atoms with Crippen molar-refractivity contribution < 1.29 is 0 Å². The fourth-order valence-electron chi connectivity index (χ4n) is 1.11. The fourth-order valence-corrected chi connectivity index (χ4v) is 1.11. The van der Waals surface area contributed by atoms with Crippen LogP contribution < -0.4 is 5.73 Å². The van der Waals surface area contributed by atoms with Gasteiger partial charge in [-0.2, -0.15) is 9.50 Å². The zero-order valence-corrected chi connectivity index (χ0v) is 6.94. The summed E-state index contributed by atoms with van der Waals surface area (Å²) in [5.41, 5.74) is 6.54. The number of aromatic nitrogens is 4. The number of anilines is 1. The Morgan fingerprint density at radius 1 is 1.33 bits per heavy atom. The maximum absolute atomic E-state index is 5.69. The van der Waals surface area contributed by atoms with Crippen LogP contribution in [0, 0.1) is 13.8 Å². The molecule has 0 saturated carbocycles. The lowest BCUT2D eigenvalue weighted by molar-refractivity contribution is 0.921. The van der Waals surface area contributed by atoms with E-state index in [9.17, 15) is 0 Å². The third-order valence-corrected chi connectivity index (χ3v) is 1.57. The van der Waals surface area contributed by atoms with Crippen LogP contribution in [0.1, 0.15) is 11.5 Å². The first-order valence-corrected chi connectivity index (χ1v) is 3.63. The minimum atomic E-state index is 0.560. The molecule has 0 aromatic carbocycles. The van der Waals surface area contributed by atoms with E-state index in [0.29, 0.717) is 17.4 Å². The average molecular weight is 163 g/mol. The van der Waals surface area contributed by atoms with Gasteiger partial charge >= 0.3 is 0 Å². The van der Waals surface area contributed by atoms with Gasteiger partial charge < -0.3 is 5.73 Å². The van der Waals surface area contributed by atoms with E-state index in [1.165, 1.54) is 4.52 Å². The van der Waals surface area contributed by atoms with Crippen molar-refractivity contribution in [2.45, 2.75) is 13.8 Å². The highest BCUT2D eigenvalue weighted by atomic mass is 15.3. The second kappa shape index (κ2) is 2.17. The summed E-state index contributed by atoms with van der Waals surface area (Å²) in [6, 6.07) is 1.76. The number of fused-ring (bicyclic) bond motifs is 1. The molecule has 0 aliphatic carbocycles. The Hall–Kier alpha value is -1.65. The van der Waals surface area contributed by atoms with E-state index in [1.54, 1.807) is 6.07 Å². The lowest BCUT2D eigenvalue weighted by Crippen LogP contribution is -2.01. The van der Waals surface area contributed by atoms with E-state index < -0.39 is 0 Å². The first-order chi connectivity index (χ1) is 5.66. The van der Waals surface area contributed by atoms with E-state index >= 15 is 0 Å². The van der Waals surface area contributed by atoms with Crippen molar-refractivity contribution in [1.82, 2.24) is 19.6 Å². The van der Waals surface area contributed by atoms with Crippen LogP contribution in [-0.2, 0) is 0 Å². The van der Waals surface area contributed by atoms with Crippen LogP contribution >= 0.6 is 0 Å². The summed E-state index contributed by atoms with van der Waals surface area (Å²) < 4.78 is 1.53. The molecule has 0 fully saturated rings. The number of hydrogen-bond donors (Lipinski definition) is 1. The summed E-state index contributed by atoms with van der Waals surface area (Å²) in [6.07, 6.45) is 0. The van der Waals surface area contributed by atoms with E-state index in [4.69, 9.17) is 5.73 Å². The summed E-state index contributed by atoms with van der Waals surface area (Å²) in [5, 5.41) is 4.07. The predicted octanol–water partition coefficient (Wildman–Crippen LogP) is 0.323. The van der Waals surface area contributed by atoms with Crippen LogP contribution in [0.3, 0.4) is 0 Å². The molecule has 0 saturated heterocycles. The zero-order valence-electron chi connectivity index (χ0n) is 6.94. The van der Waals surface area contributed by atoms with Gasteiger partial charge in [-0.3, -0.25) is 0 Å². The van der Waals surface area contributed by atoms with Gasteiger partial charge in [-0.15, -0.1) is 5.10 Å². The second-order valence-electron chi connectivity index (χ2n) is 2.69. The van der Waals surface area contributed by atoms with Crippen LogP contribution in [0.15, 0.2) is 6.07 Å². The Balaban J connectivity index is 2.88. The SMILES string of the molecule is Cc1cc(N)n2nc(C)nc2n1. The Labute approximate surface area is 69.2 Å². The lowest BCUT2D eigenvalue weighted by Gasteiger charge is -1.97. The van der Waals surface area contributed by atoms with Crippen molar-refractivity contribution >= 4 is 11.6 Å².